The molecule has 2 aromatic rings. The van der Waals surface area contributed by atoms with Crippen LogP contribution in [-0.4, -0.2) is 23.8 Å². The molecule has 0 fully saturated rings. The lowest BCUT2D eigenvalue weighted by Crippen LogP contribution is -2.19. The number of benzene rings is 1. The van der Waals surface area contributed by atoms with Crippen molar-refractivity contribution in [3.05, 3.63) is 58.3 Å². The van der Waals surface area contributed by atoms with Crippen molar-refractivity contribution < 1.29 is 14.3 Å². The van der Waals surface area contributed by atoms with Crippen molar-refractivity contribution in [1.29, 1.82) is 0 Å². The molecular weight excluding hydrogens is 322 g/mol. The van der Waals surface area contributed by atoms with Gasteiger partial charge in [0.05, 0.1) is 7.11 Å². The van der Waals surface area contributed by atoms with Crippen LogP contribution >= 0.6 is 15.9 Å². The lowest BCUT2D eigenvalue weighted by Gasteiger charge is -2.15. The van der Waals surface area contributed by atoms with Gasteiger partial charge >= 0.3 is 5.97 Å². The van der Waals surface area contributed by atoms with E-state index in [0.717, 1.165) is 15.7 Å². The number of halogens is 1. The average Bonchev–Trinajstić information content (AvgIpc) is 2.98. The zero-order chi connectivity index (χ0) is 14.5. The Bertz CT molecular complexity index is 590. The van der Waals surface area contributed by atoms with Gasteiger partial charge in [0.25, 0.3) is 0 Å². The topological polar surface area (TPSA) is 59.2 Å². The van der Waals surface area contributed by atoms with Crippen LogP contribution in [0.2, 0.25) is 0 Å². The average molecular weight is 336 g/mol. The van der Waals surface area contributed by atoms with Gasteiger partial charge in [-0.3, -0.25) is 4.79 Å². The quantitative estimate of drug-likeness (QED) is 0.674. The SMILES string of the molecule is COC(=O)C(=O)CC(c1ccc(Br)cc1)c1ccc[nH]1. The van der Waals surface area contributed by atoms with E-state index >= 15 is 0 Å². The summed E-state index contributed by atoms with van der Waals surface area (Å²) in [4.78, 5) is 26.2. The monoisotopic (exact) mass is 335 g/mol. The van der Waals surface area contributed by atoms with Crippen LogP contribution in [0, 0.1) is 0 Å². The molecule has 0 spiro atoms. The lowest BCUT2D eigenvalue weighted by molar-refractivity contribution is -0.151. The van der Waals surface area contributed by atoms with Gasteiger partial charge in [-0.05, 0) is 29.8 Å². The molecule has 0 aliphatic carbocycles. The molecule has 0 saturated heterocycles. The number of esters is 1. The fourth-order valence-corrected chi connectivity index (χ4v) is 2.31. The normalized spacial score (nSPS) is 11.9. The number of carbonyl (C=O) groups is 2. The minimum Gasteiger partial charge on any atom is -0.463 e. The number of nitrogens with one attached hydrogen (secondary N) is 1. The largest absolute Gasteiger partial charge is 0.463 e. The van der Waals surface area contributed by atoms with E-state index in [0.29, 0.717) is 0 Å². The Hall–Kier alpha value is -1.88. The third-order valence-corrected chi connectivity index (χ3v) is 3.60. The molecule has 0 radical (unpaired) electrons. The molecule has 1 aromatic heterocycles. The molecule has 0 bridgehead atoms. The number of H-pyrrole nitrogens is 1. The number of hydrogen-bond donors (Lipinski definition) is 1. The molecule has 1 unspecified atom stereocenters. The maximum absolute atomic E-state index is 11.8. The van der Waals surface area contributed by atoms with E-state index in [1.807, 2.05) is 36.4 Å². The van der Waals surface area contributed by atoms with Crippen LogP contribution in [0.15, 0.2) is 47.1 Å². The third kappa shape index (κ3) is 3.36. The fraction of sp³-hybridized carbons (Fsp3) is 0.200. The van der Waals surface area contributed by atoms with E-state index in [1.165, 1.54) is 7.11 Å². The summed E-state index contributed by atoms with van der Waals surface area (Å²) in [7, 11) is 1.21. The van der Waals surface area contributed by atoms with Gasteiger partial charge in [-0.25, -0.2) is 4.79 Å². The van der Waals surface area contributed by atoms with Crippen molar-refractivity contribution in [2.45, 2.75) is 12.3 Å². The highest BCUT2D eigenvalue weighted by atomic mass is 79.9. The molecule has 104 valence electrons. The molecule has 1 heterocycles. The molecule has 5 heteroatoms. The summed E-state index contributed by atoms with van der Waals surface area (Å²) in [6.45, 7) is 0. The van der Waals surface area contributed by atoms with Gasteiger partial charge in [-0.1, -0.05) is 28.1 Å². The number of hydrogen-bond acceptors (Lipinski definition) is 3. The second-order valence-electron chi connectivity index (χ2n) is 4.35. The van der Waals surface area contributed by atoms with Crippen LogP contribution in [0.4, 0.5) is 0 Å². The minimum atomic E-state index is -0.807. The first kappa shape index (κ1) is 14.5. The summed E-state index contributed by atoms with van der Waals surface area (Å²) in [6.07, 6.45) is 1.87. The van der Waals surface area contributed by atoms with E-state index < -0.39 is 11.8 Å². The highest BCUT2D eigenvalue weighted by Crippen LogP contribution is 2.28. The van der Waals surface area contributed by atoms with Gasteiger partial charge in [0.2, 0.25) is 5.78 Å². The second kappa shape index (κ2) is 6.52. The Balaban J connectivity index is 2.28. The van der Waals surface area contributed by atoms with Crippen molar-refractivity contribution in [2.24, 2.45) is 0 Å². The number of aromatic nitrogens is 1. The van der Waals surface area contributed by atoms with E-state index in [9.17, 15) is 9.59 Å². The summed E-state index contributed by atoms with van der Waals surface area (Å²) in [6, 6.07) is 11.4. The predicted molar refractivity (Wildman–Crippen MR) is 78.4 cm³/mol. The molecule has 1 atom stereocenters. The highest BCUT2D eigenvalue weighted by molar-refractivity contribution is 9.10. The Labute approximate surface area is 125 Å². The first-order valence-corrected chi connectivity index (χ1v) is 6.91. The maximum Gasteiger partial charge on any atom is 0.374 e. The van der Waals surface area contributed by atoms with E-state index in [-0.39, 0.29) is 12.3 Å². The molecule has 2 rings (SSSR count). The van der Waals surface area contributed by atoms with Crippen LogP contribution in [0.1, 0.15) is 23.6 Å². The van der Waals surface area contributed by atoms with Gasteiger partial charge in [-0.15, -0.1) is 0 Å². The highest BCUT2D eigenvalue weighted by Gasteiger charge is 2.23. The van der Waals surface area contributed by atoms with Crippen molar-refractivity contribution in [1.82, 2.24) is 4.98 Å². The minimum absolute atomic E-state index is 0.0782. The van der Waals surface area contributed by atoms with Crippen LogP contribution in [-0.2, 0) is 14.3 Å². The zero-order valence-corrected chi connectivity index (χ0v) is 12.5. The van der Waals surface area contributed by atoms with Gasteiger partial charge in [0, 0.05) is 28.7 Å². The third-order valence-electron chi connectivity index (χ3n) is 3.07. The standard InChI is InChI=1S/C15H14BrNO3/c1-20-15(19)14(18)9-12(13-3-2-8-17-13)10-4-6-11(16)7-5-10/h2-8,12,17H,9H2,1H3. The number of ether oxygens (including phenoxy) is 1. The van der Waals surface area contributed by atoms with Gasteiger partial charge < -0.3 is 9.72 Å². The van der Waals surface area contributed by atoms with E-state index in [1.54, 1.807) is 6.20 Å². The van der Waals surface area contributed by atoms with Crippen LogP contribution < -0.4 is 0 Å². The molecule has 0 saturated carbocycles. The van der Waals surface area contributed by atoms with Crippen molar-refractivity contribution in [3.63, 3.8) is 0 Å². The molecule has 0 aliphatic rings. The summed E-state index contributed by atoms with van der Waals surface area (Å²) < 4.78 is 5.44. The van der Waals surface area contributed by atoms with Crippen LogP contribution in [0.25, 0.3) is 0 Å². The smallest absolute Gasteiger partial charge is 0.374 e. The van der Waals surface area contributed by atoms with Gasteiger partial charge in [0.1, 0.15) is 0 Å². The van der Waals surface area contributed by atoms with Crippen molar-refractivity contribution >= 4 is 27.7 Å². The fourth-order valence-electron chi connectivity index (χ4n) is 2.05. The number of ketones is 1. The van der Waals surface area contributed by atoms with E-state index in [4.69, 9.17) is 0 Å². The lowest BCUT2D eigenvalue weighted by atomic mass is 9.91. The molecule has 4 nitrogen and oxygen atoms in total. The molecule has 0 aliphatic heterocycles. The zero-order valence-electron chi connectivity index (χ0n) is 10.9. The van der Waals surface area contributed by atoms with Crippen LogP contribution in [0.3, 0.4) is 0 Å². The summed E-state index contributed by atoms with van der Waals surface area (Å²) >= 11 is 3.38. The second-order valence-corrected chi connectivity index (χ2v) is 5.26. The molecule has 0 amide bonds. The maximum atomic E-state index is 11.8. The Morgan fingerprint density at radius 2 is 1.95 bits per heavy atom. The number of carbonyl (C=O) groups excluding carboxylic acids is 2. The Kier molecular flexibility index (Phi) is 4.74. The Morgan fingerprint density at radius 3 is 2.50 bits per heavy atom. The number of rotatable bonds is 5. The van der Waals surface area contributed by atoms with Gasteiger partial charge in [0.15, 0.2) is 0 Å². The van der Waals surface area contributed by atoms with Crippen LogP contribution in [0.5, 0.6) is 0 Å². The van der Waals surface area contributed by atoms with E-state index in [2.05, 4.69) is 25.7 Å². The summed E-state index contributed by atoms with van der Waals surface area (Å²) in [5, 5.41) is 0. The molecule has 20 heavy (non-hydrogen) atoms. The number of aromatic amines is 1. The number of Topliss-reactive ketones (excluding diaryl/α,β-unsaturated/α-hetero) is 1. The first-order chi connectivity index (χ1) is 9.61. The van der Waals surface area contributed by atoms with Crippen molar-refractivity contribution in [3.8, 4) is 0 Å². The van der Waals surface area contributed by atoms with Crippen molar-refractivity contribution in [2.75, 3.05) is 7.11 Å². The molecule has 1 aromatic carbocycles. The predicted octanol–water partition coefficient (Wildman–Crippen LogP) is 3.04. The Morgan fingerprint density at radius 1 is 1.25 bits per heavy atom. The molecular formula is C15H14BrNO3. The summed E-state index contributed by atoms with van der Waals surface area (Å²) in [5.74, 6) is -1.53. The first-order valence-electron chi connectivity index (χ1n) is 6.11. The van der Waals surface area contributed by atoms with Gasteiger partial charge in [-0.2, -0.15) is 0 Å². The molecule has 1 N–H and O–H groups in total. The number of methoxy groups -OCH3 is 1. The summed E-state index contributed by atoms with van der Waals surface area (Å²) in [5.41, 5.74) is 1.86.